The highest BCUT2D eigenvalue weighted by molar-refractivity contribution is 6.13. The highest BCUT2D eigenvalue weighted by atomic mass is 16.5. The first kappa shape index (κ1) is 19.2. The van der Waals surface area contributed by atoms with Gasteiger partial charge in [0.2, 0.25) is 0 Å². The Labute approximate surface area is 184 Å². The lowest BCUT2D eigenvalue weighted by molar-refractivity contribution is -0.184. The standard InChI is InChI=1S/C25H21N3O4/c29-23(26-18-10-8-17(9-11-18)25(30)13-31-14-25)19-12-20(15-4-2-1-3-5-15)27-24-21(19)22(28-32-24)16-6-7-16/h1-5,8-12,16,30H,6-7,13-14H2,(H,26,29). The molecule has 3 heterocycles. The summed E-state index contributed by atoms with van der Waals surface area (Å²) in [7, 11) is 0. The Morgan fingerprint density at radius 1 is 1.06 bits per heavy atom. The molecule has 2 aromatic carbocycles. The molecule has 0 atom stereocenters. The number of nitrogens with one attached hydrogen (secondary N) is 1. The van der Waals surface area contributed by atoms with Crippen LogP contribution in [0.3, 0.4) is 0 Å². The van der Waals surface area contributed by atoms with Crippen molar-refractivity contribution in [2.24, 2.45) is 0 Å². The second kappa shape index (κ2) is 7.25. The molecule has 1 aliphatic heterocycles. The summed E-state index contributed by atoms with van der Waals surface area (Å²) in [6, 6.07) is 18.7. The van der Waals surface area contributed by atoms with E-state index in [0.717, 1.165) is 29.7 Å². The summed E-state index contributed by atoms with van der Waals surface area (Å²) in [4.78, 5) is 18.0. The number of ether oxygens (including phenoxy) is 1. The Bertz CT molecular complexity index is 1310. The summed E-state index contributed by atoms with van der Waals surface area (Å²) in [5, 5.41) is 18.3. The molecule has 0 radical (unpaired) electrons. The number of fused-ring (bicyclic) bond motifs is 1. The van der Waals surface area contributed by atoms with Gasteiger partial charge in [-0.1, -0.05) is 47.6 Å². The summed E-state index contributed by atoms with van der Waals surface area (Å²) in [6.07, 6.45) is 2.08. The topological polar surface area (TPSA) is 97.5 Å². The van der Waals surface area contributed by atoms with Crippen molar-refractivity contribution in [2.45, 2.75) is 24.4 Å². The number of amides is 1. The molecule has 6 rings (SSSR count). The van der Waals surface area contributed by atoms with Gasteiger partial charge in [-0.15, -0.1) is 0 Å². The van der Waals surface area contributed by atoms with Gasteiger partial charge < -0.3 is 19.7 Å². The Kier molecular flexibility index (Phi) is 4.34. The minimum Gasteiger partial charge on any atom is -0.380 e. The first-order chi connectivity index (χ1) is 15.6. The molecule has 4 aromatic rings. The first-order valence-electron chi connectivity index (χ1n) is 10.7. The lowest BCUT2D eigenvalue weighted by atomic mass is 9.92. The normalized spacial score (nSPS) is 17.2. The van der Waals surface area contributed by atoms with Gasteiger partial charge in [0, 0.05) is 17.2 Å². The number of aromatic nitrogens is 2. The van der Waals surface area contributed by atoms with Crippen LogP contribution in [0.2, 0.25) is 0 Å². The minimum atomic E-state index is -0.938. The third-order valence-corrected chi connectivity index (χ3v) is 6.11. The molecule has 0 spiro atoms. The summed E-state index contributed by atoms with van der Waals surface area (Å²) in [5.74, 6) is 0.0648. The van der Waals surface area contributed by atoms with E-state index in [4.69, 9.17) is 9.26 Å². The van der Waals surface area contributed by atoms with E-state index in [1.807, 2.05) is 42.5 Å². The Balaban J connectivity index is 1.37. The predicted octanol–water partition coefficient (Wildman–Crippen LogP) is 4.24. The number of nitrogens with zero attached hydrogens (tertiary/aromatic N) is 2. The molecule has 7 heteroatoms. The lowest BCUT2D eigenvalue weighted by Gasteiger charge is -2.36. The molecule has 2 fully saturated rings. The zero-order valence-corrected chi connectivity index (χ0v) is 17.2. The number of pyridine rings is 1. The molecule has 1 saturated carbocycles. The molecule has 2 N–H and O–H groups in total. The van der Waals surface area contributed by atoms with Gasteiger partial charge in [0.15, 0.2) is 0 Å². The van der Waals surface area contributed by atoms with Gasteiger partial charge in [-0.05, 0) is 36.6 Å². The third kappa shape index (κ3) is 3.26. The van der Waals surface area contributed by atoms with Crippen LogP contribution in [0.1, 0.15) is 40.4 Å². The van der Waals surface area contributed by atoms with Crippen molar-refractivity contribution in [3.05, 3.63) is 77.5 Å². The number of carbonyl (C=O) groups excluding carboxylic acids is 1. The van der Waals surface area contributed by atoms with E-state index in [9.17, 15) is 9.90 Å². The van der Waals surface area contributed by atoms with Gasteiger partial charge in [0.1, 0.15) is 5.60 Å². The smallest absolute Gasteiger partial charge is 0.259 e. The van der Waals surface area contributed by atoms with Crippen LogP contribution in [0.4, 0.5) is 5.69 Å². The van der Waals surface area contributed by atoms with E-state index in [-0.39, 0.29) is 19.1 Å². The minimum absolute atomic E-state index is 0.252. The molecular formula is C25H21N3O4. The fourth-order valence-corrected chi connectivity index (χ4v) is 4.07. The van der Waals surface area contributed by atoms with Gasteiger partial charge in [-0.2, -0.15) is 0 Å². The predicted molar refractivity (Wildman–Crippen MR) is 118 cm³/mol. The maximum atomic E-state index is 13.4. The lowest BCUT2D eigenvalue weighted by Crippen LogP contribution is -2.46. The van der Waals surface area contributed by atoms with Gasteiger partial charge in [-0.25, -0.2) is 4.98 Å². The second-order valence-corrected chi connectivity index (χ2v) is 8.50. The fraction of sp³-hybridized carbons (Fsp3) is 0.240. The Hall–Kier alpha value is -3.55. The molecule has 0 unspecified atom stereocenters. The Morgan fingerprint density at radius 3 is 2.47 bits per heavy atom. The number of anilines is 1. The zero-order chi connectivity index (χ0) is 21.7. The zero-order valence-electron chi connectivity index (χ0n) is 17.2. The summed E-state index contributed by atoms with van der Waals surface area (Å²) >= 11 is 0. The Morgan fingerprint density at radius 2 is 1.81 bits per heavy atom. The van der Waals surface area contributed by atoms with Crippen LogP contribution in [0.25, 0.3) is 22.4 Å². The second-order valence-electron chi connectivity index (χ2n) is 8.50. The molecule has 32 heavy (non-hydrogen) atoms. The van der Waals surface area contributed by atoms with E-state index in [1.54, 1.807) is 18.2 Å². The number of rotatable bonds is 5. The van der Waals surface area contributed by atoms with Crippen molar-refractivity contribution >= 4 is 22.7 Å². The molecule has 1 saturated heterocycles. The number of carbonyl (C=O) groups is 1. The van der Waals surface area contributed by atoms with Crippen LogP contribution in [-0.2, 0) is 10.3 Å². The SMILES string of the molecule is O=C(Nc1ccc(C2(O)COC2)cc1)c1cc(-c2ccccc2)nc2onc(C3CC3)c12. The van der Waals surface area contributed by atoms with E-state index >= 15 is 0 Å². The van der Waals surface area contributed by atoms with E-state index in [0.29, 0.717) is 34.0 Å². The van der Waals surface area contributed by atoms with E-state index in [2.05, 4.69) is 15.5 Å². The highest BCUT2D eigenvalue weighted by Gasteiger charge is 2.38. The average molecular weight is 427 g/mol. The van der Waals surface area contributed by atoms with Crippen LogP contribution in [-0.4, -0.2) is 34.4 Å². The quantitative estimate of drug-likeness (QED) is 0.495. The van der Waals surface area contributed by atoms with Gasteiger partial charge in [0.25, 0.3) is 11.6 Å². The van der Waals surface area contributed by atoms with Crippen LogP contribution >= 0.6 is 0 Å². The number of aliphatic hydroxyl groups is 1. The number of hydrogen-bond donors (Lipinski definition) is 2. The molecule has 2 aliphatic rings. The van der Waals surface area contributed by atoms with Crippen molar-refractivity contribution in [1.29, 1.82) is 0 Å². The van der Waals surface area contributed by atoms with Crippen molar-refractivity contribution in [3.63, 3.8) is 0 Å². The van der Waals surface area contributed by atoms with E-state index < -0.39 is 5.60 Å². The molecule has 2 aromatic heterocycles. The van der Waals surface area contributed by atoms with Crippen LogP contribution in [0.5, 0.6) is 0 Å². The molecule has 1 aliphatic carbocycles. The van der Waals surface area contributed by atoms with E-state index in [1.165, 1.54) is 0 Å². The maximum absolute atomic E-state index is 13.4. The van der Waals surface area contributed by atoms with Crippen LogP contribution in [0, 0.1) is 0 Å². The van der Waals surface area contributed by atoms with Gasteiger partial charge >= 0.3 is 0 Å². The fourth-order valence-electron chi connectivity index (χ4n) is 4.07. The van der Waals surface area contributed by atoms with Crippen LogP contribution in [0.15, 0.2) is 65.2 Å². The molecule has 1 amide bonds. The van der Waals surface area contributed by atoms with Gasteiger partial charge in [-0.3, -0.25) is 4.79 Å². The van der Waals surface area contributed by atoms with Crippen molar-refractivity contribution in [1.82, 2.24) is 10.1 Å². The number of hydrogen-bond acceptors (Lipinski definition) is 6. The molecular weight excluding hydrogens is 406 g/mol. The molecule has 0 bridgehead atoms. The maximum Gasteiger partial charge on any atom is 0.259 e. The van der Waals surface area contributed by atoms with Gasteiger partial charge in [0.05, 0.1) is 35.6 Å². The van der Waals surface area contributed by atoms with Crippen molar-refractivity contribution in [2.75, 3.05) is 18.5 Å². The third-order valence-electron chi connectivity index (χ3n) is 6.11. The highest BCUT2D eigenvalue weighted by Crippen LogP contribution is 2.43. The molecule has 160 valence electrons. The monoisotopic (exact) mass is 427 g/mol. The van der Waals surface area contributed by atoms with Crippen molar-refractivity contribution in [3.8, 4) is 11.3 Å². The average Bonchev–Trinajstić information content (AvgIpc) is 3.56. The summed E-state index contributed by atoms with van der Waals surface area (Å²) in [6.45, 7) is 0.570. The van der Waals surface area contributed by atoms with Crippen LogP contribution < -0.4 is 5.32 Å². The summed E-state index contributed by atoms with van der Waals surface area (Å²) in [5.41, 5.74) is 3.70. The first-order valence-corrected chi connectivity index (χ1v) is 10.7. The summed E-state index contributed by atoms with van der Waals surface area (Å²) < 4.78 is 10.7. The molecule has 7 nitrogen and oxygen atoms in total. The number of benzene rings is 2. The van der Waals surface area contributed by atoms with Crippen molar-refractivity contribution < 1.29 is 19.2 Å². The largest absolute Gasteiger partial charge is 0.380 e.